The van der Waals surface area contributed by atoms with E-state index in [-0.39, 0.29) is 18.0 Å². The average Bonchev–Trinajstić information content (AvgIpc) is 2.84. The van der Waals surface area contributed by atoms with E-state index in [4.69, 9.17) is 27.5 Å². The number of thiol groups is 1. The Morgan fingerprint density at radius 1 is 1.10 bits per heavy atom. The molecule has 2 aliphatic carbocycles. The van der Waals surface area contributed by atoms with Crippen LogP contribution in [0.2, 0.25) is 0 Å². The molecule has 0 bridgehead atoms. The van der Waals surface area contributed by atoms with Crippen LogP contribution < -0.4 is 5.32 Å². The fourth-order valence-electron chi connectivity index (χ4n) is 5.20. The van der Waals surface area contributed by atoms with Gasteiger partial charge in [-0.3, -0.25) is 14.6 Å². The van der Waals surface area contributed by atoms with Gasteiger partial charge in [-0.15, -0.1) is 12.6 Å². The number of hydrogen-bond acceptors (Lipinski definition) is 6. The van der Waals surface area contributed by atoms with Crippen molar-refractivity contribution in [3.63, 3.8) is 0 Å². The van der Waals surface area contributed by atoms with E-state index in [2.05, 4.69) is 17.4 Å². The summed E-state index contributed by atoms with van der Waals surface area (Å²) in [5.41, 5.74) is 2.62. The van der Waals surface area contributed by atoms with E-state index < -0.39 is 12.1 Å². The topological polar surface area (TPSA) is 102 Å². The molecule has 2 amide bonds. The maximum absolute atomic E-state index is 13.7. The molecule has 5 rings (SSSR count). The van der Waals surface area contributed by atoms with Gasteiger partial charge in [0, 0.05) is 39.0 Å². The van der Waals surface area contributed by atoms with Crippen LogP contribution in [0.25, 0.3) is 0 Å². The molecule has 8 nitrogen and oxygen atoms in total. The zero-order chi connectivity index (χ0) is 28.9. The fraction of sp³-hybridized carbons (Fsp3) is 0.571. The quantitative estimate of drug-likeness (QED) is 0.313. The Labute approximate surface area is 237 Å². The van der Waals surface area contributed by atoms with Crippen LogP contribution in [0.1, 0.15) is 56.9 Å². The molecule has 4 aliphatic rings. The first kappa shape index (κ1) is 30.1. The van der Waals surface area contributed by atoms with Crippen molar-refractivity contribution in [1.29, 1.82) is 0 Å². The highest BCUT2D eigenvalue weighted by Gasteiger charge is 2.44. The van der Waals surface area contributed by atoms with Crippen LogP contribution in [-0.4, -0.2) is 70.4 Å². The Morgan fingerprint density at radius 3 is 2.30 bits per heavy atom. The summed E-state index contributed by atoms with van der Waals surface area (Å²) in [7, 11) is 0. The summed E-state index contributed by atoms with van der Waals surface area (Å²) in [6, 6.07) is 10.2. The maximum Gasteiger partial charge on any atom is 0.490 e. The normalized spacial score (nSPS) is 21.6. The number of amides is 2. The summed E-state index contributed by atoms with van der Waals surface area (Å²) in [6.45, 7) is 2.66. The second-order valence-electron chi connectivity index (χ2n) is 10.6. The minimum absolute atomic E-state index is 0.00608. The van der Waals surface area contributed by atoms with Crippen LogP contribution in [-0.2, 0) is 20.9 Å². The Balaban J connectivity index is 0.000000470. The van der Waals surface area contributed by atoms with Gasteiger partial charge in [0.2, 0.25) is 5.91 Å². The first-order valence-corrected chi connectivity index (χ1v) is 14.2. The van der Waals surface area contributed by atoms with Crippen LogP contribution in [0, 0.1) is 11.8 Å². The molecule has 218 valence electrons. The number of aliphatic carboxylic acids is 1. The number of carbonyl (C=O) groups is 3. The lowest BCUT2D eigenvalue weighted by Crippen LogP contribution is -2.54. The molecule has 1 aromatic rings. The van der Waals surface area contributed by atoms with E-state index in [0.29, 0.717) is 48.4 Å². The third-order valence-corrected chi connectivity index (χ3v) is 8.37. The molecule has 0 spiro atoms. The molecule has 2 saturated carbocycles. The number of carboxylic acids is 1. The predicted molar refractivity (Wildman–Crippen MR) is 146 cm³/mol. The summed E-state index contributed by atoms with van der Waals surface area (Å²) in [5.74, 6) is -1.64. The van der Waals surface area contributed by atoms with Gasteiger partial charge in [0.05, 0.1) is 16.3 Å². The standard InChI is InChI=1S/C26H34N4O2S.C2HF3O2/c31-22(12-14-27-16-18-6-2-1-3-7-18)29-15-13-21-23(26(29)33)25(32)30(17-19-8-4-9-19)24(28-21)20-10-5-11-20;3-2(4,5)1(6)7/h1-3,6-7,19-20,24,27,33H,4-5,8-17H2;(H,6,7). The van der Waals surface area contributed by atoms with Crippen molar-refractivity contribution >= 4 is 36.1 Å². The monoisotopic (exact) mass is 580 g/mol. The van der Waals surface area contributed by atoms with Crippen LogP contribution in [0.5, 0.6) is 0 Å². The molecular weight excluding hydrogens is 545 g/mol. The van der Waals surface area contributed by atoms with Crippen LogP contribution in [0.3, 0.4) is 0 Å². The highest BCUT2D eigenvalue weighted by atomic mass is 32.1. The summed E-state index contributed by atoms with van der Waals surface area (Å²) >= 11 is 4.70. The SMILES string of the molecule is O=C(CCNCc1ccccc1)N1CCC2=NC(C3CCC3)N(CC3CCC3)C(=O)C2=C1S.O=C(O)C(F)(F)F. The first-order valence-electron chi connectivity index (χ1n) is 13.7. The van der Waals surface area contributed by atoms with Crippen molar-refractivity contribution in [2.24, 2.45) is 16.8 Å². The van der Waals surface area contributed by atoms with E-state index in [1.807, 2.05) is 23.1 Å². The Kier molecular flexibility index (Phi) is 9.94. The number of rotatable bonds is 8. The Morgan fingerprint density at radius 2 is 1.75 bits per heavy atom. The summed E-state index contributed by atoms with van der Waals surface area (Å²) in [5, 5.41) is 11.0. The van der Waals surface area contributed by atoms with Crippen molar-refractivity contribution in [3.8, 4) is 0 Å². The van der Waals surface area contributed by atoms with Crippen LogP contribution >= 0.6 is 12.6 Å². The molecule has 0 aromatic heterocycles. The lowest BCUT2D eigenvalue weighted by molar-refractivity contribution is -0.192. The van der Waals surface area contributed by atoms with E-state index in [0.717, 1.165) is 31.6 Å². The fourth-order valence-corrected chi connectivity index (χ4v) is 5.63. The van der Waals surface area contributed by atoms with Gasteiger partial charge in [-0.2, -0.15) is 13.2 Å². The number of nitrogens with one attached hydrogen (secondary N) is 1. The minimum Gasteiger partial charge on any atom is -0.475 e. The molecule has 1 atom stereocenters. The van der Waals surface area contributed by atoms with Gasteiger partial charge in [-0.05, 0) is 43.1 Å². The molecule has 2 N–H and O–H groups in total. The van der Waals surface area contributed by atoms with Gasteiger partial charge >= 0.3 is 12.1 Å². The number of nitrogens with zero attached hydrogens (tertiary/aromatic N) is 3. The minimum atomic E-state index is -5.08. The van der Waals surface area contributed by atoms with Crippen molar-refractivity contribution in [1.82, 2.24) is 15.1 Å². The van der Waals surface area contributed by atoms with Crippen molar-refractivity contribution in [2.45, 2.75) is 70.3 Å². The average molecular weight is 581 g/mol. The molecule has 1 unspecified atom stereocenters. The van der Waals surface area contributed by atoms with Crippen LogP contribution in [0.4, 0.5) is 13.2 Å². The van der Waals surface area contributed by atoms with E-state index in [1.165, 1.54) is 31.2 Å². The molecule has 2 fully saturated rings. The largest absolute Gasteiger partial charge is 0.490 e. The van der Waals surface area contributed by atoms with Gasteiger partial charge in [0.25, 0.3) is 5.91 Å². The number of aliphatic imine (C=N–C) groups is 1. The molecule has 1 aromatic carbocycles. The third-order valence-electron chi connectivity index (χ3n) is 7.90. The van der Waals surface area contributed by atoms with Gasteiger partial charge in [0.15, 0.2) is 0 Å². The Bertz CT molecular complexity index is 1150. The Hall–Kier alpha value is -2.86. The molecule has 12 heteroatoms. The van der Waals surface area contributed by atoms with Crippen molar-refractivity contribution in [2.75, 3.05) is 19.6 Å². The van der Waals surface area contributed by atoms with E-state index >= 15 is 0 Å². The van der Waals surface area contributed by atoms with Crippen molar-refractivity contribution < 1.29 is 32.7 Å². The van der Waals surface area contributed by atoms with E-state index in [1.54, 1.807) is 4.90 Å². The summed E-state index contributed by atoms with van der Waals surface area (Å²) in [6.07, 6.45) is 3.12. The zero-order valence-electron chi connectivity index (χ0n) is 22.2. The number of alkyl halides is 3. The lowest BCUT2D eigenvalue weighted by atomic mass is 9.79. The highest BCUT2D eigenvalue weighted by Crippen LogP contribution is 2.40. The maximum atomic E-state index is 13.7. The molecular formula is C28H35F3N4O4S. The predicted octanol–water partition coefficient (Wildman–Crippen LogP) is 4.38. The summed E-state index contributed by atoms with van der Waals surface area (Å²) < 4.78 is 31.7. The smallest absolute Gasteiger partial charge is 0.475 e. The molecule has 2 heterocycles. The number of hydrogen-bond donors (Lipinski definition) is 3. The van der Waals surface area contributed by atoms with Crippen LogP contribution in [0.15, 0.2) is 45.9 Å². The van der Waals surface area contributed by atoms with Gasteiger partial charge in [-0.25, -0.2) is 4.79 Å². The second kappa shape index (κ2) is 13.2. The molecule has 40 heavy (non-hydrogen) atoms. The number of halogens is 3. The number of fused-ring (bicyclic) bond motifs is 1. The molecule has 0 radical (unpaired) electrons. The lowest BCUT2D eigenvalue weighted by Gasteiger charge is -2.46. The molecule has 0 saturated heterocycles. The molecule has 2 aliphatic heterocycles. The number of benzene rings is 1. The van der Waals surface area contributed by atoms with Crippen molar-refractivity contribution in [3.05, 3.63) is 46.5 Å². The van der Waals surface area contributed by atoms with E-state index in [9.17, 15) is 22.8 Å². The second-order valence-corrected chi connectivity index (χ2v) is 11.1. The highest BCUT2D eigenvalue weighted by molar-refractivity contribution is 7.84. The van der Waals surface area contributed by atoms with Gasteiger partial charge < -0.3 is 20.2 Å². The summed E-state index contributed by atoms with van der Waals surface area (Å²) in [4.78, 5) is 44.3. The zero-order valence-corrected chi connectivity index (χ0v) is 23.1. The number of carbonyl (C=O) groups excluding carboxylic acids is 2. The van der Waals surface area contributed by atoms with Gasteiger partial charge in [-0.1, -0.05) is 43.2 Å². The third kappa shape index (κ3) is 7.25. The first-order chi connectivity index (χ1) is 19.1. The number of carboxylic acid groups (broad SMARTS) is 1. The van der Waals surface area contributed by atoms with Gasteiger partial charge in [0.1, 0.15) is 6.17 Å².